The Kier molecular flexibility index (Phi) is 6.84. The molecule has 4 heteroatoms. The number of carbonyl (C=O) groups excluding carboxylic acids is 1. The largest absolute Gasteiger partial charge is 0.352 e. The van der Waals surface area contributed by atoms with Gasteiger partial charge in [0, 0.05) is 44.3 Å². The second-order valence-corrected chi connectivity index (χ2v) is 9.18. The highest BCUT2D eigenvalue weighted by atomic mass is 16.1. The van der Waals surface area contributed by atoms with Crippen molar-refractivity contribution in [3.63, 3.8) is 0 Å². The van der Waals surface area contributed by atoms with Gasteiger partial charge in [0.25, 0.3) is 5.91 Å². The van der Waals surface area contributed by atoms with Crippen LogP contribution in [0.4, 0.5) is 0 Å². The van der Waals surface area contributed by atoms with Gasteiger partial charge < -0.3 is 10.2 Å². The smallest absolute Gasteiger partial charge is 0.251 e. The van der Waals surface area contributed by atoms with Gasteiger partial charge in [-0.15, -0.1) is 0 Å². The monoisotopic (exact) mass is 439 g/mol. The summed E-state index contributed by atoms with van der Waals surface area (Å²) in [7, 11) is 0. The van der Waals surface area contributed by atoms with Crippen LogP contribution in [-0.2, 0) is 6.42 Å². The third kappa shape index (κ3) is 5.18. The molecule has 0 saturated carbocycles. The second-order valence-electron chi connectivity index (χ2n) is 9.18. The number of nitrogens with one attached hydrogen (secondary N) is 1. The van der Waals surface area contributed by atoms with E-state index in [-0.39, 0.29) is 5.91 Å². The van der Waals surface area contributed by atoms with Crippen LogP contribution in [-0.4, -0.2) is 55.0 Å². The normalized spacial score (nSPS) is 18.7. The van der Waals surface area contributed by atoms with Gasteiger partial charge in [-0.05, 0) is 60.2 Å². The van der Waals surface area contributed by atoms with Crippen LogP contribution in [0.5, 0.6) is 0 Å². The van der Waals surface area contributed by atoms with Crippen LogP contribution in [0.15, 0.2) is 78.9 Å². The summed E-state index contributed by atoms with van der Waals surface area (Å²) in [5.74, 6) is 0.0133. The average Bonchev–Trinajstić information content (AvgIpc) is 3.32. The van der Waals surface area contributed by atoms with E-state index in [0.29, 0.717) is 6.04 Å². The minimum Gasteiger partial charge on any atom is -0.352 e. The summed E-state index contributed by atoms with van der Waals surface area (Å²) >= 11 is 0. The van der Waals surface area contributed by atoms with Gasteiger partial charge in [0.15, 0.2) is 0 Å². The lowest BCUT2D eigenvalue weighted by Gasteiger charge is -2.38. The van der Waals surface area contributed by atoms with Crippen molar-refractivity contribution < 1.29 is 4.79 Å². The van der Waals surface area contributed by atoms with Crippen LogP contribution < -0.4 is 5.32 Å². The molecule has 1 atom stereocenters. The first-order valence-electron chi connectivity index (χ1n) is 12.3. The van der Waals surface area contributed by atoms with Crippen LogP contribution in [0.3, 0.4) is 0 Å². The summed E-state index contributed by atoms with van der Waals surface area (Å²) in [6.07, 6.45) is 3.47. The molecular weight excluding hydrogens is 406 g/mol. The Morgan fingerprint density at radius 3 is 2.30 bits per heavy atom. The molecule has 0 aromatic heterocycles. The Hall–Kier alpha value is -2.95. The summed E-state index contributed by atoms with van der Waals surface area (Å²) in [4.78, 5) is 17.7. The maximum atomic E-state index is 12.5. The highest BCUT2D eigenvalue weighted by Gasteiger charge is 2.29. The minimum atomic E-state index is 0.0133. The van der Waals surface area contributed by atoms with Gasteiger partial charge in [-0.25, -0.2) is 0 Å². The van der Waals surface area contributed by atoms with Crippen LogP contribution in [0.25, 0.3) is 11.1 Å². The van der Waals surface area contributed by atoms with E-state index >= 15 is 0 Å². The topological polar surface area (TPSA) is 35.6 Å². The van der Waals surface area contributed by atoms with Gasteiger partial charge in [-0.2, -0.15) is 0 Å². The number of hydrogen-bond acceptors (Lipinski definition) is 3. The van der Waals surface area contributed by atoms with Crippen molar-refractivity contribution in [1.29, 1.82) is 0 Å². The van der Waals surface area contributed by atoms with E-state index in [2.05, 4.69) is 51.5 Å². The lowest BCUT2D eigenvalue weighted by atomic mass is 10.0. The van der Waals surface area contributed by atoms with E-state index in [1.807, 2.05) is 42.5 Å². The van der Waals surface area contributed by atoms with Crippen molar-refractivity contribution in [2.45, 2.75) is 25.3 Å². The second kappa shape index (κ2) is 10.3. The predicted octanol–water partition coefficient (Wildman–Crippen LogP) is 4.78. The third-order valence-electron chi connectivity index (χ3n) is 7.14. The maximum Gasteiger partial charge on any atom is 0.251 e. The summed E-state index contributed by atoms with van der Waals surface area (Å²) in [6.45, 7) is 6.27. The van der Waals surface area contributed by atoms with E-state index in [0.717, 1.165) is 56.8 Å². The summed E-state index contributed by atoms with van der Waals surface area (Å²) in [5, 5.41) is 3.09. The summed E-state index contributed by atoms with van der Waals surface area (Å²) < 4.78 is 0. The number of carbonyl (C=O) groups is 1. The first kappa shape index (κ1) is 21.9. The molecule has 0 bridgehead atoms. The lowest BCUT2D eigenvalue weighted by molar-refractivity contribution is 0.0914. The van der Waals surface area contributed by atoms with Crippen molar-refractivity contribution in [2.75, 3.05) is 39.3 Å². The Morgan fingerprint density at radius 2 is 1.52 bits per heavy atom. The molecule has 4 nitrogen and oxygen atoms in total. The number of nitrogens with zero attached hydrogens (tertiary/aromatic N) is 2. The molecule has 1 N–H and O–H groups in total. The number of hydrogen-bond donors (Lipinski definition) is 1. The Labute approximate surface area is 197 Å². The fraction of sp³-hybridized carbons (Fsp3) is 0.345. The molecule has 1 saturated heterocycles. The van der Waals surface area contributed by atoms with Gasteiger partial charge >= 0.3 is 0 Å². The van der Waals surface area contributed by atoms with Crippen molar-refractivity contribution in [3.8, 4) is 11.1 Å². The molecule has 1 unspecified atom stereocenters. The summed E-state index contributed by atoms with van der Waals surface area (Å²) in [6, 6.07) is 27.7. The fourth-order valence-electron chi connectivity index (χ4n) is 5.26. The third-order valence-corrected chi connectivity index (χ3v) is 7.14. The molecule has 0 radical (unpaired) electrons. The molecule has 1 amide bonds. The molecule has 3 aromatic rings. The first-order valence-corrected chi connectivity index (χ1v) is 12.3. The van der Waals surface area contributed by atoms with Crippen LogP contribution in [0, 0.1) is 0 Å². The molecule has 33 heavy (non-hydrogen) atoms. The zero-order valence-electron chi connectivity index (χ0n) is 19.2. The highest BCUT2D eigenvalue weighted by Crippen LogP contribution is 2.35. The van der Waals surface area contributed by atoms with Crippen LogP contribution in [0.1, 0.15) is 40.4 Å². The van der Waals surface area contributed by atoms with Crippen LogP contribution >= 0.6 is 0 Å². The Balaban J connectivity index is 1.02. The quantitative estimate of drug-likeness (QED) is 0.538. The first-order chi connectivity index (χ1) is 16.3. The number of aryl methyl sites for hydroxylation is 1. The molecule has 1 aliphatic heterocycles. The van der Waals surface area contributed by atoms with Gasteiger partial charge in [0.1, 0.15) is 0 Å². The molecule has 3 aromatic carbocycles. The van der Waals surface area contributed by atoms with Gasteiger partial charge in [0.2, 0.25) is 0 Å². The fourth-order valence-corrected chi connectivity index (χ4v) is 5.26. The zero-order valence-corrected chi connectivity index (χ0v) is 19.2. The molecule has 1 heterocycles. The molecule has 1 aliphatic carbocycles. The Morgan fingerprint density at radius 1 is 0.818 bits per heavy atom. The molecule has 1 fully saturated rings. The van der Waals surface area contributed by atoms with Crippen molar-refractivity contribution in [2.24, 2.45) is 0 Å². The molecule has 2 aliphatic rings. The molecule has 0 spiro atoms. The number of piperazine rings is 1. The van der Waals surface area contributed by atoms with E-state index in [1.54, 1.807) is 5.56 Å². The average molecular weight is 440 g/mol. The summed E-state index contributed by atoms with van der Waals surface area (Å²) in [5.41, 5.74) is 6.11. The molecule has 5 rings (SSSR count). The van der Waals surface area contributed by atoms with Crippen molar-refractivity contribution in [3.05, 3.63) is 95.6 Å². The van der Waals surface area contributed by atoms with Crippen LogP contribution in [0.2, 0.25) is 0 Å². The predicted molar refractivity (Wildman–Crippen MR) is 134 cm³/mol. The maximum absolute atomic E-state index is 12.5. The Bertz CT molecular complexity index is 1060. The van der Waals surface area contributed by atoms with Gasteiger partial charge in [-0.3, -0.25) is 9.69 Å². The van der Waals surface area contributed by atoms with Gasteiger partial charge in [-0.1, -0.05) is 66.7 Å². The van der Waals surface area contributed by atoms with Gasteiger partial charge in [0.05, 0.1) is 0 Å². The number of rotatable bonds is 7. The number of benzene rings is 3. The van der Waals surface area contributed by atoms with Crippen molar-refractivity contribution >= 4 is 5.91 Å². The zero-order chi connectivity index (χ0) is 22.5. The molecule has 170 valence electrons. The minimum absolute atomic E-state index is 0.0133. The van der Waals surface area contributed by atoms with E-state index in [1.165, 1.54) is 24.0 Å². The standard InChI is InChI=1S/C29H33N3O/c33-29(26-13-11-24(12-14-26)23-7-2-1-3-8-23)30-17-6-18-31-19-21-32(22-20-31)28-16-15-25-9-4-5-10-27(25)28/h1-5,7-14,28H,6,15-22H2,(H,30,33). The number of fused-ring (bicyclic) bond motifs is 1. The van der Waals surface area contributed by atoms with E-state index in [9.17, 15) is 4.79 Å². The van der Waals surface area contributed by atoms with Crippen molar-refractivity contribution in [1.82, 2.24) is 15.1 Å². The van der Waals surface area contributed by atoms with E-state index < -0.39 is 0 Å². The van der Waals surface area contributed by atoms with E-state index in [4.69, 9.17) is 0 Å². The number of amides is 1. The molecular formula is C29H33N3O. The lowest BCUT2D eigenvalue weighted by Crippen LogP contribution is -2.47. The SMILES string of the molecule is O=C(NCCCN1CCN(C2CCc3ccccc32)CC1)c1ccc(-c2ccccc2)cc1. The highest BCUT2D eigenvalue weighted by molar-refractivity contribution is 5.94.